The summed E-state index contributed by atoms with van der Waals surface area (Å²) in [4.78, 5) is 0.140. The van der Waals surface area contributed by atoms with Gasteiger partial charge >= 0.3 is 0 Å². The van der Waals surface area contributed by atoms with Crippen LogP contribution in [0.15, 0.2) is 69.5 Å². The van der Waals surface area contributed by atoms with Crippen molar-refractivity contribution in [2.24, 2.45) is 10.2 Å². The molecular weight excluding hydrogens is 398 g/mol. The van der Waals surface area contributed by atoms with Gasteiger partial charge in [-0.3, -0.25) is 0 Å². The molecule has 0 aliphatic heterocycles. The highest BCUT2D eigenvalue weighted by Gasteiger charge is 2.42. The van der Waals surface area contributed by atoms with Crippen molar-refractivity contribution in [3.8, 4) is 0 Å². The third-order valence-electron chi connectivity index (χ3n) is 3.79. The predicted octanol–water partition coefficient (Wildman–Crippen LogP) is 3.46. The molecule has 0 amide bonds. The van der Waals surface area contributed by atoms with Gasteiger partial charge in [-0.05, 0) is 32.9 Å². The van der Waals surface area contributed by atoms with Crippen LogP contribution >= 0.6 is 11.3 Å². The molecule has 0 bridgehead atoms. The zero-order valence-corrected chi connectivity index (χ0v) is 17.7. The van der Waals surface area contributed by atoms with Crippen LogP contribution in [0.1, 0.15) is 20.8 Å². The number of nitrogens with two attached hydrogens (primary N) is 1. The zero-order valence-electron chi connectivity index (χ0n) is 16.1. The molecule has 1 aromatic carbocycles. The predicted molar refractivity (Wildman–Crippen MR) is 111 cm³/mol. The van der Waals surface area contributed by atoms with Crippen LogP contribution in [-0.2, 0) is 10.0 Å². The van der Waals surface area contributed by atoms with Gasteiger partial charge in [0, 0.05) is 13.2 Å². The maximum atomic E-state index is 13.4. The Kier molecular flexibility index (Phi) is 6.86. The van der Waals surface area contributed by atoms with Crippen LogP contribution in [0.3, 0.4) is 0 Å². The minimum absolute atomic E-state index is 0.140. The van der Waals surface area contributed by atoms with E-state index in [2.05, 4.69) is 25.7 Å². The van der Waals surface area contributed by atoms with Gasteiger partial charge in [0.25, 0.3) is 10.0 Å². The van der Waals surface area contributed by atoms with Gasteiger partial charge in [-0.15, -0.1) is 10.2 Å². The molecule has 0 radical (unpaired) electrons. The Balaban J connectivity index is 2.60. The van der Waals surface area contributed by atoms with Gasteiger partial charge in [-0.25, -0.2) is 12.7 Å². The van der Waals surface area contributed by atoms with Crippen molar-refractivity contribution in [3.63, 3.8) is 0 Å². The first-order chi connectivity index (χ1) is 13.3. The van der Waals surface area contributed by atoms with E-state index in [-0.39, 0.29) is 4.90 Å². The van der Waals surface area contributed by atoms with E-state index in [1.165, 1.54) is 25.4 Å². The first-order valence-corrected chi connectivity index (χ1v) is 10.6. The molecule has 2 rings (SSSR count). The van der Waals surface area contributed by atoms with E-state index in [0.717, 1.165) is 15.6 Å². The molecule has 0 saturated heterocycles. The number of sulfonamides is 1. The second kappa shape index (κ2) is 8.93. The molecule has 0 aliphatic carbocycles. The zero-order chi connectivity index (χ0) is 20.8. The number of aromatic nitrogens is 2. The average molecular weight is 422 g/mol. The fraction of sp³-hybridized carbons (Fsp3) is 0.294. The average Bonchev–Trinajstić information content (AvgIpc) is 3.09. The number of benzene rings is 1. The van der Waals surface area contributed by atoms with Gasteiger partial charge in [0.05, 0.1) is 10.6 Å². The first-order valence-electron chi connectivity index (χ1n) is 8.35. The van der Waals surface area contributed by atoms with Gasteiger partial charge < -0.3 is 11.1 Å². The number of hydrogen-bond acceptors (Lipinski definition) is 9. The van der Waals surface area contributed by atoms with Crippen molar-refractivity contribution >= 4 is 31.6 Å². The van der Waals surface area contributed by atoms with Crippen LogP contribution in [0.25, 0.3) is 0 Å². The number of nitrogens with one attached hydrogen (secondary N) is 1. The molecule has 2 aromatic rings. The molecule has 0 fully saturated rings. The SMILES string of the molecule is C/C=C\N(C(C)(N=NC)/C(=C/C)Nc1nnc(N)s1)S(=O)(=O)c1ccccc1. The molecule has 28 heavy (non-hydrogen) atoms. The Bertz CT molecular complexity index is 984. The summed E-state index contributed by atoms with van der Waals surface area (Å²) in [6.45, 7) is 5.14. The van der Waals surface area contributed by atoms with E-state index in [4.69, 9.17) is 5.73 Å². The molecule has 3 N–H and O–H groups in total. The lowest BCUT2D eigenvalue weighted by atomic mass is 10.1. The van der Waals surface area contributed by atoms with Gasteiger partial charge in [0.1, 0.15) is 0 Å². The number of azo groups is 1. The summed E-state index contributed by atoms with van der Waals surface area (Å²) in [7, 11) is -2.45. The topological polar surface area (TPSA) is 126 Å². The third kappa shape index (κ3) is 4.37. The van der Waals surface area contributed by atoms with Crippen LogP contribution in [-0.4, -0.2) is 35.6 Å². The molecule has 0 spiro atoms. The highest BCUT2D eigenvalue weighted by atomic mass is 32.2. The third-order valence-corrected chi connectivity index (χ3v) is 6.32. The van der Waals surface area contributed by atoms with E-state index >= 15 is 0 Å². The number of hydrogen-bond donors (Lipinski definition) is 2. The van der Waals surface area contributed by atoms with E-state index in [9.17, 15) is 8.42 Å². The first kappa shape index (κ1) is 21.5. The normalized spacial score (nSPS) is 15.1. The summed E-state index contributed by atoms with van der Waals surface area (Å²) in [6, 6.07) is 8.15. The van der Waals surface area contributed by atoms with E-state index in [1.807, 2.05) is 0 Å². The minimum atomic E-state index is -3.93. The molecule has 1 heterocycles. The molecule has 0 saturated carbocycles. The summed E-state index contributed by atoms with van der Waals surface area (Å²) < 4.78 is 27.9. The van der Waals surface area contributed by atoms with Crippen molar-refractivity contribution < 1.29 is 8.42 Å². The monoisotopic (exact) mass is 421 g/mol. The van der Waals surface area contributed by atoms with E-state index in [1.54, 1.807) is 51.1 Å². The second-order valence-corrected chi connectivity index (χ2v) is 8.51. The lowest BCUT2D eigenvalue weighted by molar-refractivity contribution is 0.312. The Morgan fingerprint density at radius 2 is 1.96 bits per heavy atom. The van der Waals surface area contributed by atoms with Gasteiger partial charge in [-0.1, -0.05) is 41.7 Å². The van der Waals surface area contributed by atoms with Crippen molar-refractivity contribution in [3.05, 3.63) is 54.4 Å². The lowest BCUT2D eigenvalue weighted by Gasteiger charge is -2.37. The molecule has 9 nitrogen and oxygen atoms in total. The highest BCUT2D eigenvalue weighted by molar-refractivity contribution is 7.89. The van der Waals surface area contributed by atoms with Crippen LogP contribution in [0.4, 0.5) is 10.3 Å². The molecule has 150 valence electrons. The largest absolute Gasteiger partial charge is 0.374 e. The Labute approximate surface area is 168 Å². The van der Waals surface area contributed by atoms with Gasteiger partial charge in [0.15, 0.2) is 0 Å². The molecule has 1 unspecified atom stereocenters. The maximum absolute atomic E-state index is 13.4. The van der Waals surface area contributed by atoms with Crippen LogP contribution < -0.4 is 11.1 Å². The molecular formula is C17H23N7O2S2. The number of nitrogens with zero attached hydrogens (tertiary/aromatic N) is 5. The molecule has 1 atom stereocenters. The molecule has 11 heteroatoms. The van der Waals surface area contributed by atoms with Gasteiger partial charge in [0.2, 0.25) is 15.9 Å². The van der Waals surface area contributed by atoms with E-state index < -0.39 is 15.7 Å². The summed E-state index contributed by atoms with van der Waals surface area (Å²) in [6.07, 6.45) is 4.79. The van der Waals surface area contributed by atoms with Crippen LogP contribution in [0.2, 0.25) is 0 Å². The van der Waals surface area contributed by atoms with Crippen molar-refractivity contribution in [1.82, 2.24) is 14.5 Å². The smallest absolute Gasteiger partial charge is 0.266 e. The summed E-state index contributed by atoms with van der Waals surface area (Å²) in [5.41, 5.74) is 4.70. The van der Waals surface area contributed by atoms with Crippen molar-refractivity contribution in [2.75, 3.05) is 18.1 Å². The number of rotatable bonds is 8. The second-order valence-electron chi connectivity index (χ2n) is 5.69. The van der Waals surface area contributed by atoms with Gasteiger partial charge in [-0.2, -0.15) is 10.2 Å². The Hall–Kier alpha value is -2.79. The number of allylic oxidation sites excluding steroid dienone is 2. The van der Waals surface area contributed by atoms with Crippen molar-refractivity contribution in [1.29, 1.82) is 0 Å². The number of nitrogen functional groups attached to an aromatic ring is 1. The van der Waals surface area contributed by atoms with Crippen LogP contribution in [0, 0.1) is 0 Å². The van der Waals surface area contributed by atoms with Crippen LogP contribution in [0.5, 0.6) is 0 Å². The summed E-state index contributed by atoms with van der Waals surface area (Å²) in [5.74, 6) is 0. The standard InChI is InChI=1S/C17H23N7O2S2/c1-5-12-24(28(25,26)13-10-8-7-9-11-13)17(3,23-19-4)14(6-2)20-16-22-21-15(18)27-16/h5-12H,1-4H3,(H2,18,21)(H,20,22)/b12-5-,14-6-,23-19?. The summed E-state index contributed by atoms with van der Waals surface area (Å²) in [5, 5.41) is 19.6. The Morgan fingerprint density at radius 3 is 2.46 bits per heavy atom. The molecule has 1 aromatic heterocycles. The summed E-state index contributed by atoms with van der Waals surface area (Å²) >= 11 is 1.14. The minimum Gasteiger partial charge on any atom is -0.374 e. The maximum Gasteiger partial charge on any atom is 0.266 e. The highest BCUT2D eigenvalue weighted by Crippen LogP contribution is 2.34. The Morgan fingerprint density at radius 1 is 1.29 bits per heavy atom. The fourth-order valence-corrected chi connectivity index (χ4v) is 4.71. The molecule has 0 aliphatic rings. The number of anilines is 2. The van der Waals surface area contributed by atoms with E-state index in [0.29, 0.717) is 16.0 Å². The fourth-order valence-electron chi connectivity index (χ4n) is 2.58. The quantitative estimate of drug-likeness (QED) is 0.629. The van der Waals surface area contributed by atoms with Crippen molar-refractivity contribution in [2.45, 2.75) is 31.3 Å². The lowest BCUT2D eigenvalue weighted by Crippen LogP contribution is -2.48.